The molecule has 0 amide bonds. The highest BCUT2D eigenvalue weighted by Crippen LogP contribution is 2.27. The molecule has 0 saturated carbocycles. The maximum absolute atomic E-state index is 4.47. The molecule has 0 unspecified atom stereocenters. The summed E-state index contributed by atoms with van der Waals surface area (Å²) in [6.45, 7) is 1.61. The molecule has 22 heavy (non-hydrogen) atoms. The maximum Gasteiger partial charge on any atom is 0.147 e. The molecule has 0 bridgehead atoms. The molecular weight excluding hydrogens is 312 g/mol. The molecule has 0 radical (unpaired) electrons. The van der Waals surface area contributed by atoms with Crippen molar-refractivity contribution in [2.24, 2.45) is 0 Å². The van der Waals surface area contributed by atoms with E-state index in [1.54, 1.807) is 0 Å². The lowest BCUT2D eigenvalue weighted by molar-refractivity contribution is 1.07. The molecule has 110 valence electrons. The summed E-state index contributed by atoms with van der Waals surface area (Å²) in [5, 5.41) is 9.15. The molecule has 0 fully saturated rings. The number of nitrogens with one attached hydrogen (secondary N) is 2. The number of nitrogens with zero attached hydrogens (tertiary/aromatic N) is 2. The number of fused-ring (bicyclic) bond motifs is 2. The van der Waals surface area contributed by atoms with Crippen molar-refractivity contribution in [1.29, 1.82) is 0 Å². The predicted octanol–water partition coefficient (Wildman–Crippen LogP) is 4.43. The first-order chi connectivity index (χ1) is 10.9. The van der Waals surface area contributed by atoms with Gasteiger partial charge in [-0.05, 0) is 47.3 Å². The second-order valence-corrected chi connectivity index (χ2v) is 6.52. The van der Waals surface area contributed by atoms with Crippen molar-refractivity contribution in [2.75, 3.05) is 23.7 Å². The first-order valence-electron chi connectivity index (χ1n) is 7.08. The van der Waals surface area contributed by atoms with E-state index in [-0.39, 0.29) is 0 Å². The molecular formula is C16H14N4S2. The Labute approximate surface area is 136 Å². The molecule has 4 rings (SSSR count). The van der Waals surface area contributed by atoms with Crippen LogP contribution in [-0.4, -0.2) is 21.8 Å². The van der Waals surface area contributed by atoms with E-state index in [2.05, 4.69) is 43.6 Å². The zero-order valence-electron chi connectivity index (χ0n) is 11.7. The Morgan fingerprint density at radius 2 is 1.14 bits per heavy atom. The maximum atomic E-state index is 4.47. The SMILES string of the molecule is c1ccc2c(NCCNc3nsc4ccccc34)nsc2c1. The van der Waals surface area contributed by atoms with E-state index >= 15 is 0 Å². The second-order valence-electron chi connectivity index (χ2n) is 4.91. The van der Waals surface area contributed by atoms with Crippen molar-refractivity contribution < 1.29 is 0 Å². The van der Waals surface area contributed by atoms with Gasteiger partial charge in [0.1, 0.15) is 11.6 Å². The fourth-order valence-corrected chi connectivity index (χ4v) is 3.90. The third kappa shape index (κ3) is 2.51. The Balaban J connectivity index is 1.39. The Kier molecular flexibility index (Phi) is 3.62. The number of hydrogen-bond acceptors (Lipinski definition) is 6. The summed E-state index contributed by atoms with van der Waals surface area (Å²) < 4.78 is 11.4. The lowest BCUT2D eigenvalue weighted by Crippen LogP contribution is -2.14. The molecule has 2 N–H and O–H groups in total. The third-order valence-electron chi connectivity index (χ3n) is 3.46. The minimum absolute atomic E-state index is 0.805. The van der Waals surface area contributed by atoms with E-state index in [0.29, 0.717) is 0 Å². The molecule has 0 saturated heterocycles. The Morgan fingerprint density at radius 3 is 1.64 bits per heavy atom. The minimum atomic E-state index is 0.805. The van der Waals surface area contributed by atoms with Crippen LogP contribution in [0.3, 0.4) is 0 Å². The smallest absolute Gasteiger partial charge is 0.147 e. The van der Waals surface area contributed by atoms with Gasteiger partial charge in [0.15, 0.2) is 0 Å². The quantitative estimate of drug-likeness (QED) is 0.533. The van der Waals surface area contributed by atoms with Crippen LogP contribution in [0.25, 0.3) is 20.2 Å². The van der Waals surface area contributed by atoms with E-state index in [0.717, 1.165) is 24.7 Å². The molecule has 2 aromatic carbocycles. The van der Waals surface area contributed by atoms with Gasteiger partial charge in [0.25, 0.3) is 0 Å². The summed E-state index contributed by atoms with van der Waals surface area (Å²) in [7, 11) is 0. The van der Waals surface area contributed by atoms with Gasteiger partial charge in [0, 0.05) is 23.9 Å². The fraction of sp³-hybridized carbons (Fsp3) is 0.125. The van der Waals surface area contributed by atoms with Crippen LogP contribution in [-0.2, 0) is 0 Å². The highest BCUT2D eigenvalue weighted by atomic mass is 32.1. The van der Waals surface area contributed by atoms with Gasteiger partial charge in [-0.3, -0.25) is 0 Å². The van der Waals surface area contributed by atoms with Gasteiger partial charge in [-0.15, -0.1) is 0 Å². The number of rotatable bonds is 5. The van der Waals surface area contributed by atoms with Crippen molar-refractivity contribution in [3.63, 3.8) is 0 Å². The van der Waals surface area contributed by atoms with Crippen molar-refractivity contribution in [1.82, 2.24) is 8.75 Å². The lowest BCUT2D eigenvalue weighted by Gasteiger charge is -2.05. The molecule has 0 aliphatic heterocycles. The van der Waals surface area contributed by atoms with Crippen LogP contribution in [0, 0.1) is 0 Å². The summed E-state index contributed by atoms with van der Waals surface area (Å²) in [6, 6.07) is 16.6. The first-order valence-corrected chi connectivity index (χ1v) is 8.63. The van der Waals surface area contributed by atoms with Gasteiger partial charge >= 0.3 is 0 Å². The summed E-state index contributed by atoms with van der Waals surface area (Å²) >= 11 is 3.06. The molecule has 0 aliphatic rings. The van der Waals surface area contributed by atoms with Gasteiger partial charge in [-0.25, -0.2) is 0 Å². The number of aromatic nitrogens is 2. The highest BCUT2D eigenvalue weighted by Gasteiger charge is 2.06. The monoisotopic (exact) mass is 326 g/mol. The summed E-state index contributed by atoms with van der Waals surface area (Å²) in [6.07, 6.45) is 0. The lowest BCUT2D eigenvalue weighted by atomic mass is 10.2. The van der Waals surface area contributed by atoms with E-state index in [1.165, 1.54) is 43.2 Å². The predicted molar refractivity (Wildman–Crippen MR) is 96.2 cm³/mol. The molecule has 4 nitrogen and oxygen atoms in total. The Morgan fingerprint density at radius 1 is 0.682 bits per heavy atom. The van der Waals surface area contributed by atoms with Crippen LogP contribution in [0.1, 0.15) is 0 Å². The van der Waals surface area contributed by atoms with Gasteiger partial charge in [-0.2, -0.15) is 8.75 Å². The van der Waals surface area contributed by atoms with Crippen LogP contribution >= 0.6 is 23.1 Å². The van der Waals surface area contributed by atoms with Crippen molar-refractivity contribution in [3.05, 3.63) is 48.5 Å². The average Bonchev–Trinajstić information content (AvgIpc) is 3.16. The molecule has 0 aliphatic carbocycles. The zero-order valence-corrected chi connectivity index (χ0v) is 13.4. The van der Waals surface area contributed by atoms with Crippen molar-refractivity contribution in [3.8, 4) is 0 Å². The molecule has 2 heterocycles. The normalized spacial score (nSPS) is 11.1. The standard InChI is InChI=1S/C16H14N4S2/c1-3-7-13-11(5-1)15(19-21-13)17-9-10-18-16-12-6-2-4-8-14(12)22-20-16/h1-8H,9-10H2,(H,17,19)(H,18,20). The van der Waals surface area contributed by atoms with Gasteiger partial charge in [0.05, 0.1) is 9.40 Å². The molecule has 0 spiro atoms. The fourth-order valence-electron chi connectivity index (χ4n) is 2.39. The van der Waals surface area contributed by atoms with E-state index < -0.39 is 0 Å². The summed E-state index contributed by atoms with van der Waals surface area (Å²) in [4.78, 5) is 0. The van der Waals surface area contributed by atoms with Crippen LogP contribution < -0.4 is 10.6 Å². The highest BCUT2D eigenvalue weighted by molar-refractivity contribution is 7.14. The molecule has 6 heteroatoms. The second kappa shape index (κ2) is 5.90. The van der Waals surface area contributed by atoms with Crippen LogP contribution in [0.5, 0.6) is 0 Å². The minimum Gasteiger partial charge on any atom is -0.367 e. The first kappa shape index (κ1) is 13.5. The van der Waals surface area contributed by atoms with E-state index in [4.69, 9.17) is 0 Å². The van der Waals surface area contributed by atoms with Crippen molar-refractivity contribution in [2.45, 2.75) is 0 Å². The van der Waals surface area contributed by atoms with Crippen LogP contribution in [0.4, 0.5) is 11.6 Å². The summed E-state index contributed by atoms with van der Waals surface area (Å²) in [5.74, 6) is 1.93. The average molecular weight is 326 g/mol. The number of benzene rings is 2. The Bertz CT molecular complexity index is 836. The zero-order chi connectivity index (χ0) is 14.8. The summed E-state index contributed by atoms with van der Waals surface area (Å²) in [5.41, 5.74) is 0. The number of anilines is 2. The van der Waals surface area contributed by atoms with Crippen LogP contribution in [0.2, 0.25) is 0 Å². The topological polar surface area (TPSA) is 49.8 Å². The van der Waals surface area contributed by atoms with Gasteiger partial charge in [-0.1, -0.05) is 24.3 Å². The Hall–Kier alpha value is -2.18. The molecule has 2 aromatic heterocycles. The molecule has 0 atom stereocenters. The van der Waals surface area contributed by atoms with E-state index in [1.807, 2.05) is 24.3 Å². The largest absolute Gasteiger partial charge is 0.367 e. The van der Waals surface area contributed by atoms with Crippen molar-refractivity contribution >= 4 is 54.9 Å². The van der Waals surface area contributed by atoms with Gasteiger partial charge in [0.2, 0.25) is 0 Å². The van der Waals surface area contributed by atoms with Crippen LogP contribution in [0.15, 0.2) is 48.5 Å². The van der Waals surface area contributed by atoms with Gasteiger partial charge < -0.3 is 10.6 Å². The third-order valence-corrected chi connectivity index (χ3v) is 5.12. The molecule has 4 aromatic rings. The number of hydrogen-bond donors (Lipinski definition) is 2. The van der Waals surface area contributed by atoms with E-state index in [9.17, 15) is 0 Å².